The number of carboxylic acid groups (broad SMARTS) is 1. The van der Waals surface area contributed by atoms with Gasteiger partial charge in [0.25, 0.3) is 0 Å². The van der Waals surface area contributed by atoms with Gasteiger partial charge in [-0.1, -0.05) is 6.92 Å². The van der Waals surface area contributed by atoms with E-state index in [-0.39, 0.29) is 12.5 Å². The Bertz CT molecular complexity index is 183. The Kier molecular flexibility index (Phi) is 7.34. The van der Waals surface area contributed by atoms with E-state index in [1.54, 1.807) is 0 Å². The maximum absolute atomic E-state index is 10.8. The Balaban J connectivity index is 4.35. The molecule has 0 amide bonds. The second-order valence-corrected chi connectivity index (χ2v) is 4.11. The molecule has 0 fully saturated rings. The highest BCUT2D eigenvalue weighted by Crippen LogP contribution is 2.14. The molecule has 4 nitrogen and oxygen atoms in total. The second-order valence-electron chi connectivity index (χ2n) is 4.11. The van der Waals surface area contributed by atoms with Gasteiger partial charge in [-0.2, -0.15) is 0 Å². The fraction of sp³-hybridized carbons (Fsp3) is 0.909. The molecule has 90 valence electrons. The van der Waals surface area contributed by atoms with Crippen molar-refractivity contribution in [1.29, 1.82) is 0 Å². The molecule has 0 saturated carbocycles. The van der Waals surface area contributed by atoms with Gasteiger partial charge < -0.3 is 10.8 Å². The number of hydrogen-bond donors (Lipinski definition) is 2. The maximum Gasteiger partial charge on any atom is 0.304 e. The molecule has 1 unspecified atom stereocenters. The molecule has 0 aliphatic carbocycles. The summed E-state index contributed by atoms with van der Waals surface area (Å²) in [4.78, 5) is 13.0. The minimum atomic E-state index is -0.726. The number of hydrogen-bond acceptors (Lipinski definition) is 3. The Morgan fingerprint density at radius 3 is 2.40 bits per heavy atom. The molecule has 0 aliphatic heterocycles. The molecule has 0 radical (unpaired) electrons. The van der Waals surface area contributed by atoms with Gasteiger partial charge in [0, 0.05) is 12.1 Å². The van der Waals surface area contributed by atoms with Crippen molar-refractivity contribution in [3.8, 4) is 0 Å². The summed E-state index contributed by atoms with van der Waals surface area (Å²) in [5.74, 6) is -0.726. The average molecular weight is 216 g/mol. The third-order valence-corrected chi connectivity index (χ3v) is 2.65. The molecule has 0 heterocycles. The molecule has 0 aromatic heterocycles. The maximum atomic E-state index is 10.8. The van der Waals surface area contributed by atoms with Crippen molar-refractivity contribution in [2.24, 2.45) is 5.73 Å². The first-order valence-corrected chi connectivity index (χ1v) is 5.70. The molecule has 3 N–H and O–H groups in total. The van der Waals surface area contributed by atoms with Crippen molar-refractivity contribution < 1.29 is 9.90 Å². The standard InChI is InChI=1S/C11H24N2O2/c1-4-13(9(2)3)10(6-5-7-12)8-11(14)15/h9-10H,4-8,12H2,1-3H3,(H,14,15). The van der Waals surface area contributed by atoms with Gasteiger partial charge >= 0.3 is 5.97 Å². The third kappa shape index (κ3) is 5.74. The van der Waals surface area contributed by atoms with Crippen molar-refractivity contribution in [3.63, 3.8) is 0 Å². The van der Waals surface area contributed by atoms with Gasteiger partial charge in [0.2, 0.25) is 0 Å². The molecule has 0 bridgehead atoms. The van der Waals surface area contributed by atoms with Gasteiger partial charge in [-0.05, 0) is 39.8 Å². The van der Waals surface area contributed by atoms with Gasteiger partial charge in [-0.3, -0.25) is 9.69 Å². The van der Waals surface area contributed by atoms with Gasteiger partial charge in [-0.15, -0.1) is 0 Å². The summed E-state index contributed by atoms with van der Waals surface area (Å²) in [5, 5.41) is 8.85. The van der Waals surface area contributed by atoms with Crippen LogP contribution in [0, 0.1) is 0 Å². The summed E-state index contributed by atoms with van der Waals surface area (Å²) >= 11 is 0. The van der Waals surface area contributed by atoms with Crippen molar-refractivity contribution >= 4 is 5.97 Å². The minimum absolute atomic E-state index is 0.121. The van der Waals surface area contributed by atoms with Crippen LogP contribution >= 0.6 is 0 Å². The first-order valence-electron chi connectivity index (χ1n) is 5.70. The first kappa shape index (κ1) is 14.4. The Morgan fingerprint density at radius 1 is 1.47 bits per heavy atom. The lowest BCUT2D eigenvalue weighted by Crippen LogP contribution is -2.41. The number of aliphatic carboxylic acids is 1. The highest BCUT2D eigenvalue weighted by Gasteiger charge is 2.21. The number of carboxylic acids is 1. The van der Waals surface area contributed by atoms with E-state index in [9.17, 15) is 4.79 Å². The van der Waals surface area contributed by atoms with E-state index in [1.807, 2.05) is 0 Å². The molecule has 0 rings (SSSR count). The summed E-state index contributed by atoms with van der Waals surface area (Å²) in [6.45, 7) is 7.78. The highest BCUT2D eigenvalue weighted by molar-refractivity contribution is 5.67. The predicted octanol–water partition coefficient (Wildman–Crippen LogP) is 1.30. The molecule has 0 saturated heterocycles. The molecule has 0 spiro atoms. The summed E-state index contributed by atoms with van der Waals surface area (Å²) in [7, 11) is 0. The Labute approximate surface area is 92.4 Å². The first-order chi connectivity index (χ1) is 7.02. The molecule has 1 atom stereocenters. The number of nitrogens with two attached hydrogens (primary N) is 1. The van der Waals surface area contributed by atoms with Crippen LogP contribution in [-0.4, -0.2) is 41.1 Å². The van der Waals surface area contributed by atoms with Crippen LogP contribution in [0.25, 0.3) is 0 Å². The summed E-state index contributed by atoms with van der Waals surface area (Å²) < 4.78 is 0. The van der Waals surface area contributed by atoms with Crippen LogP contribution in [0.5, 0.6) is 0 Å². The van der Waals surface area contributed by atoms with E-state index in [4.69, 9.17) is 10.8 Å². The van der Waals surface area contributed by atoms with Crippen LogP contribution in [0.1, 0.15) is 40.0 Å². The molecule has 0 aromatic carbocycles. The van der Waals surface area contributed by atoms with Gasteiger partial charge in [0.15, 0.2) is 0 Å². The zero-order chi connectivity index (χ0) is 11.8. The lowest BCUT2D eigenvalue weighted by atomic mass is 10.0. The summed E-state index contributed by atoms with van der Waals surface area (Å²) in [5.41, 5.74) is 5.46. The SMILES string of the molecule is CCN(C(C)C)C(CCCN)CC(=O)O. The largest absolute Gasteiger partial charge is 0.481 e. The number of rotatable bonds is 8. The molecule has 15 heavy (non-hydrogen) atoms. The van der Waals surface area contributed by atoms with Gasteiger partial charge in [-0.25, -0.2) is 0 Å². The Morgan fingerprint density at radius 2 is 2.07 bits per heavy atom. The zero-order valence-electron chi connectivity index (χ0n) is 10.1. The molecule has 4 heteroatoms. The third-order valence-electron chi connectivity index (χ3n) is 2.65. The van der Waals surface area contributed by atoms with E-state index in [1.165, 1.54) is 0 Å². The molecular formula is C11H24N2O2. The van der Waals surface area contributed by atoms with Crippen LogP contribution in [0.3, 0.4) is 0 Å². The predicted molar refractivity (Wildman–Crippen MR) is 61.8 cm³/mol. The van der Waals surface area contributed by atoms with Crippen LogP contribution in [0.2, 0.25) is 0 Å². The topological polar surface area (TPSA) is 66.6 Å². The van der Waals surface area contributed by atoms with Gasteiger partial charge in [0.05, 0.1) is 6.42 Å². The Hall–Kier alpha value is -0.610. The summed E-state index contributed by atoms with van der Waals surface area (Å²) in [6, 6.07) is 0.508. The minimum Gasteiger partial charge on any atom is -0.481 e. The van der Waals surface area contributed by atoms with E-state index < -0.39 is 5.97 Å². The smallest absolute Gasteiger partial charge is 0.304 e. The van der Waals surface area contributed by atoms with Crippen LogP contribution in [0.4, 0.5) is 0 Å². The fourth-order valence-electron chi connectivity index (χ4n) is 1.99. The monoisotopic (exact) mass is 216 g/mol. The normalized spacial score (nSPS) is 13.5. The second kappa shape index (κ2) is 7.65. The highest BCUT2D eigenvalue weighted by atomic mass is 16.4. The van der Waals surface area contributed by atoms with Crippen molar-refractivity contribution in [3.05, 3.63) is 0 Å². The van der Waals surface area contributed by atoms with Gasteiger partial charge in [0.1, 0.15) is 0 Å². The molecular weight excluding hydrogens is 192 g/mol. The fourth-order valence-corrected chi connectivity index (χ4v) is 1.99. The van der Waals surface area contributed by atoms with E-state index >= 15 is 0 Å². The lowest BCUT2D eigenvalue weighted by molar-refractivity contribution is -0.138. The van der Waals surface area contributed by atoms with E-state index in [2.05, 4.69) is 25.7 Å². The quantitative estimate of drug-likeness (QED) is 0.642. The number of carbonyl (C=O) groups is 1. The lowest BCUT2D eigenvalue weighted by Gasteiger charge is -2.33. The molecule has 0 aromatic rings. The van der Waals surface area contributed by atoms with Crippen molar-refractivity contribution in [1.82, 2.24) is 4.90 Å². The van der Waals surface area contributed by atoms with Crippen molar-refractivity contribution in [2.75, 3.05) is 13.1 Å². The van der Waals surface area contributed by atoms with Crippen molar-refractivity contribution in [2.45, 2.75) is 52.1 Å². The zero-order valence-corrected chi connectivity index (χ0v) is 10.1. The van der Waals surface area contributed by atoms with Crippen LogP contribution in [-0.2, 0) is 4.79 Å². The van der Waals surface area contributed by atoms with Crippen LogP contribution < -0.4 is 5.73 Å². The average Bonchev–Trinajstić information content (AvgIpc) is 2.13. The number of nitrogens with zero attached hydrogens (tertiary/aromatic N) is 1. The van der Waals surface area contributed by atoms with Crippen LogP contribution in [0.15, 0.2) is 0 Å². The molecule has 0 aliphatic rings. The van der Waals surface area contributed by atoms with E-state index in [0.717, 1.165) is 19.4 Å². The van der Waals surface area contributed by atoms with E-state index in [0.29, 0.717) is 12.6 Å². The summed E-state index contributed by atoms with van der Waals surface area (Å²) in [6.07, 6.45) is 1.97.